The van der Waals surface area contributed by atoms with Crippen LogP contribution in [0.1, 0.15) is 29.0 Å². The van der Waals surface area contributed by atoms with Crippen LogP contribution in [0.5, 0.6) is 5.75 Å². The number of fused-ring (bicyclic) bond motifs is 1. The third-order valence-corrected chi connectivity index (χ3v) is 4.96. The number of nitrogens with one attached hydrogen (secondary N) is 1. The van der Waals surface area contributed by atoms with Crippen molar-refractivity contribution in [3.63, 3.8) is 0 Å². The highest BCUT2D eigenvalue weighted by Gasteiger charge is 2.13. The van der Waals surface area contributed by atoms with Crippen molar-refractivity contribution in [3.05, 3.63) is 63.8 Å². The number of aromatic hydroxyl groups is 1. The zero-order chi connectivity index (χ0) is 14.8. The Kier molecular flexibility index (Phi) is 3.95. The van der Waals surface area contributed by atoms with Crippen LogP contribution in [0.3, 0.4) is 0 Å². The van der Waals surface area contributed by atoms with Gasteiger partial charge in [-0.1, -0.05) is 36.4 Å². The van der Waals surface area contributed by atoms with Crippen molar-refractivity contribution in [2.45, 2.75) is 26.4 Å². The fraction of sp³-hybridized carbons (Fsp3) is 0.222. The Bertz CT molecular complexity index is 763. The third-order valence-electron chi connectivity index (χ3n) is 3.94. The Morgan fingerprint density at radius 3 is 2.71 bits per heavy atom. The predicted octanol–water partition coefficient (Wildman–Crippen LogP) is 4.77. The van der Waals surface area contributed by atoms with E-state index in [9.17, 15) is 5.11 Å². The van der Waals surface area contributed by atoms with Gasteiger partial charge in [0, 0.05) is 28.4 Å². The number of benzene rings is 2. The number of phenols is 1. The Hall–Kier alpha value is -1.84. The van der Waals surface area contributed by atoms with E-state index in [0.29, 0.717) is 5.75 Å². The molecule has 3 aromatic rings. The largest absolute Gasteiger partial charge is 0.507 e. The zero-order valence-corrected chi connectivity index (χ0v) is 13.1. The molecule has 3 heteroatoms. The number of rotatable bonds is 4. The highest BCUT2D eigenvalue weighted by molar-refractivity contribution is 7.10. The Morgan fingerprint density at radius 1 is 1.14 bits per heavy atom. The van der Waals surface area contributed by atoms with E-state index in [4.69, 9.17) is 0 Å². The van der Waals surface area contributed by atoms with Crippen LogP contribution in [0, 0.1) is 6.92 Å². The number of hydrogen-bond acceptors (Lipinski definition) is 3. The molecule has 0 radical (unpaired) electrons. The summed E-state index contributed by atoms with van der Waals surface area (Å²) in [6.07, 6.45) is 0. The molecule has 0 aliphatic rings. The summed E-state index contributed by atoms with van der Waals surface area (Å²) in [5.74, 6) is 0.385. The minimum Gasteiger partial charge on any atom is -0.507 e. The molecular weight excluding hydrogens is 278 g/mol. The van der Waals surface area contributed by atoms with Crippen molar-refractivity contribution >= 4 is 22.1 Å². The molecule has 0 bridgehead atoms. The summed E-state index contributed by atoms with van der Waals surface area (Å²) in [5.41, 5.74) is 2.27. The first-order valence-electron chi connectivity index (χ1n) is 7.14. The maximum atomic E-state index is 10.5. The van der Waals surface area contributed by atoms with Gasteiger partial charge in [-0.2, -0.15) is 0 Å². The molecule has 21 heavy (non-hydrogen) atoms. The van der Waals surface area contributed by atoms with Crippen LogP contribution >= 0.6 is 11.3 Å². The topological polar surface area (TPSA) is 32.3 Å². The average Bonchev–Trinajstić information content (AvgIpc) is 2.91. The highest BCUT2D eigenvalue weighted by Crippen LogP contribution is 2.32. The van der Waals surface area contributed by atoms with Crippen molar-refractivity contribution in [1.29, 1.82) is 0 Å². The van der Waals surface area contributed by atoms with Gasteiger partial charge >= 0.3 is 0 Å². The molecule has 0 saturated carbocycles. The van der Waals surface area contributed by atoms with Crippen LogP contribution in [-0.2, 0) is 6.54 Å². The zero-order valence-electron chi connectivity index (χ0n) is 12.3. The van der Waals surface area contributed by atoms with Gasteiger partial charge in [0.05, 0.1) is 0 Å². The van der Waals surface area contributed by atoms with E-state index in [-0.39, 0.29) is 6.04 Å². The van der Waals surface area contributed by atoms with Crippen LogP contribution in [-0.4, -0.2) is 5.11 Å². The maximum absolute atomic E-state index is 10.5. The monoisotopic (exact) mass is 297 g/mol. The fourth-order valence-electron chi connectivity index (χ4n) is 2.56. The van der Waals surface area contributed by atoms with Gasteiger partial charge in [0.2, 0.25) is 0 Å². The number of hydrogen-bond donors (Lipinski definition) is 2. The van der Waals surface area contributed by atoms with E-state index >= 15 is 0 Å². The molecule has 2 aromatic carbocycles. The quantitative estimate of drug-likeness (QED) is 0.727. The SMILES string of the molecule is Cc1ccsc1CNC(C)c1ccc2ccccc2c1O. The van der Waals surface area contributed by atoms with Crippen molar-refractivity contribution < 1.29 is 5.11 Å². The lowest BCUT2D eigenvalue weighted by molar-refractivity contribution is 0.458. The molecule has 0 fully saturated rings. The third kappa shape index (κ3) is 2.80. The molecule has 0 aliphatic carbocycles. The summed E-state index contributed by atoms with van der Waals surface area (Å²) >= 11 is 1.77. The minimum absolute atomic E-state index is 0.108. The second-order valence-corrected chi connectivity index (χ2v) is 6.35. The lowest BCUT2D eigenvalue weighted by Gasteiger charge is -2.17. The molecule has 3 rings (SSSR count). The summed E-state index contributed by atoms with van der Waals surface area (Å²) in [6.45, 7) is 5.05. The lowest BCUT2D eigenvalue weighted by atomic mass is 10.0. The molecule has 1 heterocycles. The molecule has 1 unspecified atom stereocenters. The van der Waals surface area contributed by atoms with Gasteiger partial charge in [-0.05, 0) is 36.2 Å². The Balaban J connectivity index is 1.83. The summed E-state index contributed by atoms with van der Waals surface area (Å²) in [6, 6.07) is 14.3. The lowest BCUT2D eigenvalue weighted by Crippen LogP contribution is -2.18. The first-order valence-corrected chi connectivity index (χ1v) is 8.01. The van der Waals surface area contributed by atoms with Gasteiger partial charge in [0.25, 0.3) is 0 Å². The van der Waals surface area contributed by atoms with Crippen LogP contribution in [0.4, 0.5) is 0 Å². The molecule has 0 saturated heterocycles. The second-order valence-electron chi connectivity index (χ2n) is 5.35. The average molecular weight is 297 g/mol. The number of aryl methyl sites for hydroxylation is 1. The molecule has 0 spiro atoms. The summed E-state index contributed by atoms with van der Waals surface area (Å²) < 4.78 is 0. The standard InChI is InChI=1S/C18H19NOS/c1-12-9-10-21-17(12)11-19-13(2)15-8-7-14-5-3-4-6-16(14)18(15)20/h3-10,13,19-20H,11H2,1-2H3. The van der Waals surface area contributed by atoms with Crippen LogP contribution in [0.15, 0.2) is 47.8 Å². The van der Waals surface area contributed by atoms with Crippen molar-refractivity contribution in [3.8, 4) is 5.75 Å². The molecule has 2 nitrogen and oxygen atoms in total. The van der Waals surface area contributed by atoms with E-state index in [1.54, 1.807) is 11.3 Å². The van der Waals surface area contributed by atoms with E-state index in [2.05, 4.69) is 36.7 Å². The van der Waals surface area contributed by atoms with Gasteiger partial charge in [0.1, 0.15) is 5.75 Å². The first-order chi connectivity index (χ1) is 10.2. The summed E-state index contributed by atoms with van der Waals surface area (Å²) in [7, 11) is 0. The van der Waals surface area contributed by atoms with Crippen LogP contribution in [0.25, 0.3) is 10.8 Å². The smallest absolute Gasteiger partial charge is 0.128 e. The van der Waals surface area contributed by atoms with Gasteiger partial charge in [-0.15, -0.1) is 11.3 Å². The summed E-state index contributed by atoms with van der Waals surface area (Å²) in [5, 5.41) is 18.1. The Morgan fingerprint density at radius 2 is 1.95 bits per heavy atom. The van der Waals surface area contributed by atoms with Crippen LogP contribution in [0.2, 0.25) is 0 Å². The molecule has 108 valence electrons. The van der Waals surface area contributed by atoms with Gasteiger partial charge in [-0.25, -0.2) is 0 Å². The van der Waals surface area contributed by atoms with Gasteiger partial charge in [-0.3, -0.25) is 0 Å². The van der Waals surface area contributed by atoms with Crippen molar-refractivity contribution in [2.24, 2.45) is 0 Å². The molecule has 1 aromatic heterocycles. The first kappa shape index (κ1) is 14.1. The van der Waals surface area contributed by atoms with E-state index in [0.717, 1.165) is 22.9 Å². The van der Waals surface area contributed by atoms with Gasteiger partial charge in [0.15, 0.2) is 0 Å². The molecule has 0 amide bonds. The van der Waals surface area contributed by atoms with Crippen molar-refractivity contribution in [2.75, 3.05) is 0 Å². The number of thiophene rings is 1. The second kappa shape index (κ2) is 5.88. The predicted molar refractivity (Wildman–Crippen MR) is 89.9 cm³/mol. The maximum Gasteiger partial charge on any atom is 0.128 e. The molecule has 1 atom stereocenters. The molecular formula is C18H19NOS. The molecule has 2 N–H and O–H groups in total. The van der Waals surface area contributed by atoms with Gasteiger partial charge < -0.3 is 10.4 Å². The highest BCUT2D eigenvalue weighted by atomic mass is 32.1. The summed E-state index contributed by atoms with van der Waals surface area (Å²) in [4.78, 5) is 1.35. The fourth-order valence-corrected chi connectivity index (χ4v) is 3.42. The molecule has 0 aliphatic heterocycles. The Labute approximate surface area is 129 Å². The van der Waals surface area contributed by atoms with Crippen molar-refractivity contribution in [1.82, 2.24) is 5.32 Å². The van der Waals surface area contributed by atoms with E-state index in [1.807, 2.05) is 30.3 Å². The minimum atomic E-state index is 0.108. The normalized spacial score (nSPS) is 12.7. The van der Waals surface area contributed by atoms with E-state index in [1.165, 1.54) is 10.4 Å². The van der Waals surface area contributed by atoms with E-state index < -0.39 is 0 Å². The number of phenolic OH excluding ortho intramolecular Hbond substituents is 1. The van der Waals surface area contributed by atoms with Crippen LogP contribution < -0.4 is 5.32 Å².